The van der Waals surface area contributed by atoms with Crippen molar-refractivity contribution in [2.45, 2.75) is 0 Å². The number of nitriles is 1. The first-order valence-electron chi connectivity index (χ1n) is 10.0. The summed E-state index contributed by atoms with van der Waals surface area (Å²) in [4.78, 5) is 12.1. The molecule has 0 spiro atoms. The second-order valence-corrected chi connectivity index (χ2v) is 7.56. The molecular formula is C26H18N5O. The van der Waals surface area contributed by atoms with Crippen molar-refractivity contribution in [3.05, 3.63) is 101 Å². The van der Waals surface area contributed by atoms with Crippen molar-refractivity contribution in [2.75, 3.05) is 0 Å². The largest absolute Gasteiger partial charge is 0.272 e. The first kappa shape index (κ1) is 19.5. The van der Waals surface area contributed by atoms with E-state index >= 15 is 0 Å². The van der Waals surface area contributed by atoms with E-state index in [1.54, 1.807) is 16.9 Å². The Morgan fingerprint density at radius 1 is 1.09 bits per heavy atom. The maximum absolute atomic E-state index is 12.1. The van der Waals surface area contributed by atoms with E-state index in [0.717, 1.165) is 33.2 Å². The molecule has 0 aliphatic rings. The summed E-state index contributed by atoms with van der Waals surface area (Å²) in [5, 5.41) is 24.1. The number of rotatable bonds is 3. The molecule has 0 saturated carbocycles. The van der Waals surface area contributed by atoms with Crippen molar-refractivity contribution in [3.8, 4) is 17.2 Å². The summed E-state index contributed by atoms with van der Waals surface area (Å²) in [5.41, 5.74) is 4.12. The quantitative estimate of drug-likeness (QED) is 0.431. The zero-order chi connectivity index (χ0) is 22.2. The van der Waals surface area contributed by atoms with Crippen LogP contribution >= 0.6 is 0 Å². The summed E-state index contributed by atoms with van der Waals surface area (Å²) < 4.78 is 1.74. The van der Waals surface area contributed by atoms with Crippen molar-refractivity contribution in [1.29, 1.82) is 5.26 Å². The number of H-pyrrole nitrogens is 1. The third-order valence-corrected chi connectivity index (χ3v) is 5.63. The van der Waals surface area contributed by atoms with E-state index in [9.17, 15) is 10.1 Å². The number of aryl methyl sites for hydroxylation is 1. The van der Waals surface area contributed by atoms with Crippen LogP contribution in [0, 0.1) is 18.3 Å². The molecule has 0 saturated heterocycles. The third-order valence-electron chi connectivity index (χ3n) is 5.63. The number of benzene rings is 3. The Labute approximate surface area is 184 Å². The number of hydrogen-bond acceptors (Lipinski definition) is 4. The topological polar surface area (TPSA) is 87.4 Å². The van der Waals surface area contributed by atoms with Gasteiger partial charge in [-0.1, -0.05) is 42.5 Å². The van der Waals surface area contributed by atoms with Gasteiger partial charge < -0.3 is 0 Å². The summed E-state index contributed by atoms with van der Waals surface area (Å²) >= 11 is 0. The molecule has 2 heterocycles. The summed E-state index contributed by atoms with van der Waals surface area (Å²) in [6.45, 7) is 3.92. The van der Waals surface area contributed by atoms with Gasteiger partial charge in [0.25, 0.3) is 5.56 Å². The lowest BCUT2D eigenvalue weighted by atomic mass is 9.98. The lowest BCUT2D eigenvalue weighted by molar-refractivity contribution is 0.760. The highest BCUT2D eigenvalue weighted by Gasteiger charge is 2.13. The smallest absolute Gasteiger partial charge is 0.268 e. The normalized spacial score (nSPS) is 11.7. The highest BCUT2D eigenvalue weighted by molar-refractivity contribution is 5.96. The Kier molecular flexibility index (Phi) is 4.65. The van der Waals surface area contributed by atoms with Gasteiger partial charge in [-0.05, 0) is 53.1 Å². The maximum Gasteiger partial charge on any atom is 0.272 e. The van der Waals surface area contributed by atoms with E-state index in [-0.39, 0.29) is 5.56 Å². The lowest BCUT2D eigenvalue weighted by Gasteiger charge is -2.07. The molecule has 5 rings (SSSR count). The molecule has 6 heteroatoms. The zero-order valence-corrected chi connectivity index (χ0v) is 17.3. The van der Waals surface area contributed by atoms with Gasteiger partial charge in [0.2, 0.25) is 0 Å². The summed E-state index contributed by atoms with van der Waals surface area (Å²) in [6, 6.07) is 21.9. The fraction of sp³-hybridized carbons (Fsp3) is 0.0385. The van der Waals surface area contributed by atoms with Crippen LogP contribution < -0.4 is 5.56 Å². The molecule has 32 heavy (non-hydrogen) atoms. The zero-order valence-electron chi connectivity index (χ0n) is 17.3. The number of aromatic amines is 1. The van der Waals surface area contributed by atoms with Gasteiger partial charge in [-0.15, -0.1) is 0 Å². The van der Waals surface area contributed by atoms with Crippen LogP contribution in [0.15, 0.2) is 71.7 Å². The second-order valence-electron chi connectivity index (χ2n) is 7.56. The van der Waals surface area contributed by atoms with Crippen LogP contribution in [0.5, 0.6) is 0 Å². The minimum atomic E-state index is -0.256. The lowest BCUT2D eigenvalue weighted by Crippen LogP contribution is -2.09. The molecule has 0 atom stereocenters. The molecule has 0 fully saturated rings. The second kappa shape index (κ2) is 7.64. The summed E-state index contributed by atoms with van der Waals surface area (Å²) in [5.74, 6) is 0. The van der Waals surface area contributed by atoms with Crippen molar-refractivity contribution in [3.63, 3.8) is 0 Å². The molecule has 1 radical (unpaired) electrons. The number of fused-ring (bicyclic) bond motifs is 2. The SMILES string of the molecule is [CH2]c1n[nH]c(=O)c2ccc(-c3cnn(C)c3C=C(C#N)c3ccc4ccccc4c3)cc12. The van der Waals surface area contributed by atoms with E-state index in [0.29, 0.717) is 22.0 Å². The molecule has 153 valence electrons. The highest BCUT2D eigenvalue weighted by Crippen LogP contribution is 2.30. The van der Waals surface area contributed by atoms with E-state index in [1.165, 1.54) is 0 Å². The molecule has 0 amide bonds. The Morgan fingerprint density at radius 2 is 1.91 bits per heavy atom. The minimum Gasteiger partial charge on any atom is -0.268 e. The number of nitrogens with one attached hydrogen (secondary N) is 1. The van der Waals surface area contributed by atoms with Crippen LogP contribution in [-0.4, -0.2) is 20.0 Å². The standard InChI is InChI=1S/C26H18N5O/c1-16-23-12-20(9-10-22(23)26(32)30-29-16)24-15-28-31(2)25(24)13-21(14-27)19-8-7-17-5-3-4-6-18(17)11-19/h3-13,15H,1H2,2H3,(H,30,32). The van der Waals surface area contributed by atoms with Crippen molar-refractivity contribution in [1.82, 2.24) is 20.0 Å². The predicted molar refractivity (Wildman–Crippen MR) is 126 cm³/mol. The van der Waals surface area contributed by atoms with Gasteiger partial charge in [-0.2, -0.15) is 15.5 Å². The maximum atomic E-state index is 12.1. The molecule has 0 aliphatic heterocycles. The molecule has 0 bridgehead atoms. The average Bonchev–Trinajstić information content (AvgIpc) is 3.19. The fourth-order valence-electron chi connectivity index (χ4n) is 3.90. The van der Waals surface area contributed by atoms with E-state index < -0.39 is 0 Å². The highest BCUT2D eigenvalue weighted by atomic mass is 16.1. The van der Waals surface area contributed by atoms with Crippen LogP contribution in [0.25, 0.3) is 44.3 Å². The van der Waals surface area contributed by atoms with E-state index in [2.05, 4.69) is 28.3 Å². The molecule has 2 aromatic heterocycles. The Hall–Kier alpha value is -4.50. The van der Waals surface area contributed by atoms with Crippen molar-refractivity contribution >= 4 is 33.2 Å². The van der Waals surface area contributed by atoms with Gasteiger partial charge in [0.05, 0.1) is 34.6 Å². The summed E-state index contributed by atoms with van der Waals surface area (Å²) in [6.07, 6.45) is 3.60. The Bertz CT molecular complexity index is 1630. The Balaban J connectivity index is 1.65. The van der Waals surface area contributed by atoms with Gasteiger partial charge in [-0.25, -0.2) is 5.10 Å². The third kappa shape index (κ3) is 3.26. The van der Waals surface area contributed by atoms with Gasteiger partial charge in [0.15, 0.2) is 0 Å². The number of nitrogens with zero attached hydrogens (tertiary/aromatic N) is 4. The average molecular weight is 416 g/mol. The Morgan fingerprint density at radius 3 is 2.72 bits per heavy atom. The predicted octanol–water partition coefficient (Wildman–Crippen LogP) is 4.72. The number of allylic oxidation sites excluding steroid dienone is 1. The molecule has 0 aliphatic carbocycles. The summed E-state index contributed by atoms with van der Waals surface area (Å²) in [7, 11) is 1.84. The van der Waals surface area contributed by atoms with Crippen LogP contribution in [0.1, 0.15) is 17.0 Å². The molecule has 1 N–H and O–H groups in total. The molecule has 6 nitrogen and oxygen atoms in total. The molecule has 3 aromatic carbocycles. The van der Waals surface area contributed by atoms with Gasteiger partial charge in [-0.3, -0.25) is 9.48 Å². The van der Waals surface area contributed by atoms with E-state index in [4.69, 9.17) is 0 Å². The van der Waals surface area contributed by atoms with E-state index in [1.807, 2.05) is 67.7 Å². The van der Waals surface area contributed by atoms with Crippen LogP contribution in [0.2, 0.25) is 0 Å². The molecular weight excluding hydrogens is 398 g/mol. The van der Waals surface area contributed by atoms with Crippen LogP contribution in [0.4, 0.5) is 0 Å². The van der Waals surface area contributed by atoms with Crippen molar-refractivity contribution in [2.24, 2.45) is 7.05 Å². The van der Waals surface area contributed by atoms with Gasteiger partial charge >= 0.3 is 0 Å². The first-order chi connectivity index (χ1) is 15.5. The minimum absolute atomic E-state index is 0.256. The van der Waals surface area contributed by atoms with Crippen LogP contribution in [0.3, 0.4) is 0 Å². The fourth-order valence-corrected chi connectivity index (χ4v) is 3.90. The monoisotopic (exact) mass is 416 g/mol. The molecule has 0 unspecified atom stereocenters. The van der Waals surface area contributed by atoms with Gasteiger partial charge in [0.1, 0.15) is 0 Å². The number of hydrogen-bond donors (Lipinski definition) is 1. The number of aromatic nitrogens is 4. The molecule has 5 aromatic rings. The van der Waals surface area contributed by atoms with Crippen molar-refractivity contribution < 1.29 is 0 Å². The first-order valence-corrected chi connectivity index (χ1v) is 10.0. The van der Waals surface area contributed by atoms with Crippen LogP contribution in [-0.2, 0) is 7.05 Å². The van der Waals surface area contributed by atoms with Gasteiger partial charge in [0, 0.05) is 18.0 Å².